The highest BCUT2D eigenvalue weighted by Gasteiger charge is 2.10. The average molecular weight is 264 g/mol. The molecule has 108 valence electrons. The fraction of sp³-hybridized carbons (Fsp3) is 0.733. The molecule has 1 aromatic heterocycles. The predicted octanol–water partition coefficient (Wildman–Crippen LogP) is 2.85. The Hall–Kier alpha value is -1.16. The van der Waals surface area contributed by atoms with E-state index in [2.05, 4.69) is 54.8 Å². The molecule has 4 nitrogen and oxygen atoms in total. The van der Waals surface area contributed by atoms with Crippen molar-refractivity contribution in [3.8, 4) is 0 Å². The van der Waals surface area contributed by atoms with Crippen molar-refractivity contribution in [2.75, 3.05) is 18.0 Å². The van der Waals surface area contributed by atoms with Crippen LogP contribution in [-0.2, 0) is 6.54 Å². The fourth-order valence-corrected chi connectivity index (χ4v) is 1.80. The molecule has 0 aliphatic rings. The van der Waals surface area contributed by atoms with Crippen LogP contribution in [0.4, 0.5) is 5.82 Å². The summed E-state index contributed by atoms with van der Waals surface area (Å²) >= 11 is 0. The minimum Gasteiger partial charge on any atom is -0.355 e. The lowest BCUT2D eigenvalue weighted by atomic mass is 10.1. The van der Waals surface area contributed by atoms with Crippen LogP contribution >= 0.6 is 0 Å². The van der Waals surface area contributed by atoms with Crippen molar-refractivity contribution in [3.05, 3.63) is 18.1 Å². The Labute approximate surface area is 117 Å². The van der Waals surface area contributed by atoms with E-state index in [0.29, 0.717) is 12.0 Å². The average Bonchev–Trinajstić information content (AvgIpc) is 2.42. The zero-order chi connectivity index (χ0) is 14.3. The molecule has 0 aliphatic carbocycles. The molecule has 0 saturated heterocycles. The van der Waals surface area contributed by atoms with Crippen LogP contribution in [0.15, 0.2) is 12.4 Å². The van der Waals surface area contributed by atoms with Crippen molar-refractivity contribution < 1.29 is 0 Å². The van der Waals surface area contributed by atoms with Gasteiger partial charge in [0, 0.05) is 25.7 Å². The molecule has 4 heteroatoms. The molecule has 0 amide bonds. The Balaban J connectivity index is 2.62. The molecule has 1 atom stereocenters. The first-order chi connectivity index (χ1) is 9.06. The van der Waals surface area contributed by atoms with Crippen LogP contribution in [0.2, 0.25) is 0 Å². The highest BCUT2D eigenvalue weighted by molar-refractivity contribution is 5.35. The van der Waals surface area contributed by atoms with Gasteiger partial charge >= 0.3 is 0 Å². The van der Waals surface area contributed by atoms with E-state index < -0.39 is 0 Å². The maximum atomic E-state index is 4.54. The molecule has 0 aromatic carbocycles. The number of nitrogens with zero attached hydrogens (tertiary/aromatic N) is 3. The molecular weight excluding hydrogens is 236 g/mol. The highest BCUT2D eigenvalue weighted by Crippen LogP contribution is 2.13. The first kappa shape index (κ1) is 15.9. The Morgan fingerprint density at radius 2 is 1.89 bits per heavy atom. The van der Waals surface area contributed by atoms with Crippen molar-refractivity contribution in [1.82, 2.24) is 15.3 Å². The van der Waals surface area contributed by atoms with Crippen LogP contribution in [0.5, 0.6) is 0 Å². The van der Waals surface area contributed by atoms with E-state index in [1.807, 2.05) is 12.4 Å². The second-order valence-electron chi connectivity index (χ2n) is 5.45. The summed E-state index contributed by atoms with van der Waals surface area (Å²) in [5.74, 6) is 1.67. The number of rotatable bonds is 8. The quantitative estimate of drug-likeness (QED) is 0.784. The molecule has 1 rings (SSSR count). The largest absolute Gasteiger partial charge is 0.355 e. The summed E-state index contributed by atoms with van der Waals surface area (Å²) in [6.07, 6.45) is 4.97. The van der Waals surface area contributed by atoms with E-state index in [-0.39, 0.29) is 0 Å². The lowest BCUT2D eigenvalue weighted by Gasteiger charge is -2.24. The lowest BCUT2D eigenvalue weighted by molar-refractivity contribution is 0.544. The van der Waals surface area contributed by atoms with E-state index in [0.717, 1.165) is 31.1 Å². The summed E-state index contributed by atoms with van der Waals surface area (Å²) in [6.45, 7) is 13.7. The van der Waals surface area contributed by atoms with Gasteiger partial charge in [-0.05, 0) is 12.8 Å². The molecule has 1 N–H and O–H groups in total. The van der Waals surface area contributed by atoms with E-state index >= 15 is 0 Å². The molecule has 19 heavy (non-hydrogen) atoms. The third-order valence-electron chi connectivity index (χ3n) is 3.32. The Morgan fingerprint density at radius 1 is 1.16 bits per heavy atom. The van der Waals surface area contributed by atoms with E-state index in [4.69, 9.17) is 0 Å². The van der Waals surface area contributed by atoms with E-state index in [1.54, 1.807) is 0 Å². The molecule has 0 saturated carbocycles. The molecule has 0 radical (unpaired) electrons. The van der Waals surface area contributed by atoms with Gasteiger partial charge in [-0.15, -0.1) is 0 Å². The molecule has 0 bridgehead atoms. The maximum absolute atomic E-state index is 4.54. The Bertz CT molecular complexity index is 348. The van der Waals surface area contributed by atoms with E-state index in [1.165, 1.54) is 6.42 Å². The van der Waals surface area contributed by atoms with Gasteiger partial charge in [0.05, 0.1) is 18.1 Å². The molecule has 0 aliphatic heterocycles. The lowest BCUT2D eigenvalue weighted by Crippen LogP contribution is -2.29. The second-order valence-corrected chi connectivity index (χ2v) is 5.45. The third kappa shape index (κ3) is 5.55. The second kappa shape index (κ2) is 8.10. The molecule has 0 fully saturated rings. The van der Waals surface area contributed by atoms with Gasteiger partial charge in [-0.2, -0.15) is 0 Å². The number of aromatic nitrogens is 2. The molecule has 1 aromatic rings. The Morgan fingerprint density at radius 3 is 2.37 bits per heavy atom. The van der Waals surface area contributed by atoms with Crippen molar-refractivity contribution in [1.29, 1.82) is 0 Å². The van der Waals surface area contributed by atoms with Crippen LogP contribution in [-0.4, -0.2) is 29.1 Å². The fourth-order valence-electron chi connectivity index (χ4n) is 1.80. The predicted molar refractivity (Wildman–Crippen MR) is 81.3 cm³/mol. The first-order valence-electron chi connectivity index (χ1n) is 7.36. The molecule has 0 spiro atoms. The minimum atomic E-state index is 0.471. The van der Waals surface area contributed by atoms with Crippen LogP contribution in [0.1, 0.15) is 46.7 Å². The zero-order valence-electron chi connectivity index (χ0n) is 13.0. The number of anilines is 1. The zero-order valence-corrected chi connectivity index (χ0v) is 13.0. The van der Waals surface area contributed by atoms with Crippen LogP contribution in [0.25, 0.3) is 0 Å². The number of nitrogens with one attached hydrogen (secondary N) is 1. The maximum Gasteiger partial charge on any atom is 0.147 e. The normalized spacial score (nSPS) is 12.7. The molecular formula is C15H28N4. The standard InChI is InChI=1S/C15H28N4/c1-6-13(5)11-19(7-2)15-10-17-14(9-18-15)8-16-12(3)4/h9-10,12-13,16H,6-8,11H2,1-5H3. The minimum absolute atomic E-state index is 0.471. The van der Waals surface area contributed by atoms with Crippen LogP contribution < -0.4 is 10.2 Å². The third-order valence-corrected chi connectivity index (χ3v) is 3.32. The number of hydrogen-bond donors (Lipinski definition) is 1. The SMILES string of the molecule is CCC(C)CN(CC)c1cnc(CNC(C)C)cn1. The van der Waals surface area contributed by atoms with Gasteiger partial charge in [-0.1, -0.05) is 34.1 Å². The van der Waals surface area contributed by atoms with Crippen molar-refractivity contribution in [3.63, 3.8) is 0 Å². The van der Waals surface area contributed by atoms with Crippen LogP contribution in [0.3, 0.4) is 0 Å². The summed E-state index contributed by atoms with van der Waals surface area (Å²) in [7, 11) is 0. The van der Waals surface area contributed by atoms with Gasteiger partial charge in [-0.25, -0.2) is 4.98 Å². The van der Waals surface area contributed by atoms with Gasteiger partial charge in [-0.3, -0.25) is 4.98 Å². The first-order valence-corrected chi connectivity index (χ1v) is 7.36. The molecule has 1 heterocycles. The summed E-state index contributed by atoms with van der Waals surface area (Å²) in [5, 5.41) is 3.35. The molecule has 1 unspecified atom stereocenters. The van der Waals surface area contributed by atoms with Gasteiger partial charge in [0.1, 0.15) is 5.82 Å². The van der Waals surface area contributed by atoms with Crippen molar-refractivity contribution in [2.45, 2.75) is 53.6 Å². The van der Waals surface area contributed by atoms with Gasteiger partial charge in [0.15, 0.2) is 0 Å². The summed E-state index contributed by atoms with van der Waals surface area (Å²) in [4.78, 5) is 11.3. The van der Waals surface area contributed by atoms with Gasteiger partial charge in [0.2, 0.25) is 0 Å². The highest BCUT2D eigenvalue weighted by atomic mass is 15.2. The summed E-state index contributed by atoms with van der Waals surface area (Å²) < 4.78 is 0. The van der Waals surface area contributed by atoms with Crippen molar-refractivity contribution in [2.24, 2.45) is 5.92 Å². The van der Waals surface area contributed by atoms with Gasteiger partial charge < -0.3 is 10.2 Å². The van der Waals surface area contributed by atoms with Crippen molar-refractivity contribution >= 4 is 5.82 Å². The van der Waals surface area contributed by atoms with Gasteiger partial charge in [0.25, 0.3) is 0 Å². The number of hydrogen-bond acceptors (Lipinski definition) is 4. The topological polar surface area (TPSA) is 41.1 Å². The monoisotopic (exact) mass is 264 g/mol. The van der Waals surface area contributed by atoms with E-state index in [9.17, 15) is 0 Å². The summed E-state index contributed by atoms with van der Waals surface area (Å²) in [6, 6.07) is 0.471. The Kier molecular flexibility index (Phi) is 6.78. The summed E-state index contributed by atoms with van der Waals surface area (Å²) in [5.41, 5.74) is 0.997. The smallest absolute Gasteiger partial charge is 0.147 e. The van der Waals surface area contributed by atoms with Crippen LogP contribution in [0, 0.1) is 5.92 Å².